The van der Waals surface area contributed by atoms with Crippen LogP contribution in [0.1, 0.15) is 0 Å². The van der Waals surface area contributed by atoms with Gasteiger partial charge in [-0.15, -0.1) is 0 Å². The van der Waals surface area contributed by atoms with E-state index < -0.39 is 0 Å². The van der Waals surface area contributed by atoms with Crippen LogP contribution in [0.15, 0.2) is 49.2 Å². The maximum absolute atomic E-state index is 4.60. The fourth-order valence-electron chi connectivity index (χ4n) is 3.85. The number of benzene rings is 1. The van der Waals surface area contributed by atoms with E-state index in [1.807, 2.05) is 48.2 Å². The third-order valence-electron chi connectivity index (χ3n) is 5.27. The second-order valence-electron chi connectivity index (χ2n) is 7.18. The van der Waals surface area contributed by atoms with Crippen molar-refractivity contribution in [1.29, 1.82) is 0 Å². The van der Waals surface area contributed by atoms with Crippen molar-refractivity contribution in [3.8, 4) is 0 Å². The standard InChI is InChI=1S/C20H22N8/c1-25(2)19-16-13-15(3-4-17(16)22-14-23-19)26-9-11-27(12-10-26)20-18-5-6-24-28(18)8-7-21-20/h3-8,13-14H,9-12H2,1-2H3. The molecular weight excluding hydrogens is 352 g/mol. The highest BCUT2D eigenvalue weighted by Gasteiger charge is 2.21. The van der Waals surface area contributed by atoms with Gasteiger partial charge in [0.2, 0.25) is 0 Å². The number of fused-ring (bicyclic) bond motifs is 2. The van der Waals surface area contributed by atoms with E-state index in [1.54, 1.807) is 6.33 Å². The predicted octanol–water partition coefficient (Wildman–Crippen LogP) is 2.07. The van der Waals surface area contributed by atoms with Crippen LogP contribution < -0.4 is 14.7 Å². The van der Waals surface area contributed by atoms with E-state index in [1.165, 1.54) is 5.69 Å². The van der Waals surface area contributed by atoms with Gasteiger partial charge in [-0.05, 0) is 24.3 Å². The molecule has 0 unspecified atom stereocenters. The van der Waals surface area contributed by atoms with Crippen LogP contribution in [-0.2, 0) is 0 Å². The summed E-state index contributed by atoms with van der Waals surface area (Å²) in [5.41, 5.74) is 3.23. The van der Waals surface area contributed by atoms with Crippen LogP contribution in [0.3, 0.4) is 0 Å². The monoisotopic (exact) mass is 374 g/mol. The maximum Gasteiger partial charge on any atom is 0.154 e. The van der Waals surface area contributed by atoms with Gasteiger partial charge in [0.15, 0.2) is 5.82 Å². The number of hydrogen-bond donors (Lipinski definition) is 0. The maximum atomic E-state index is 4.60. The second kappa shape index (κ2) is 6.63. The molecule has 1 aliphatic heterocycles. The summed E-state index contributed by atoms with van der Waals surface area (Å²) < 4.78 is 1.88. The van der Waals surface area contributed by atoms with Crippen LogP contribution in [0.25, 0.3) is 16.4 Å². The van der Waals surface area contributed by atoms with Crippen molar-refractivity contribution < 1.29 is 0 Å². The van der Waals surface area contributed by atoms with Crippen molar-refractivity contribution in [3.05, 3.63) is 49.2 Å². The molecule has 0 N–H and O–H groups in total. The fraction of sp³-hybridized carbons (Fsp3) is 0.300. The van der Waals surface area contributed by atoms with Gasteiger partial charge >= 0.3 is 0 Å². The third-order valence-corrected chi connectivity index (χ3v) is 5.27. The Morgan fingerprint density at radius 1 is 0.893 bits per heavy atom. The first-order valence-electron chi connectivity index (χ1n) is 9.41. The van der Waals surface area contributed by atoms with Crippen LogP contribution in [-0.4, -0.2) is 64.8 Å². The Kier molecular flexibility index (Phi) is 3.96. The Morgan fingerprint density at radius 3 is 2.54 bits per heavy atom. The lowest BCUT2D eigenvalue weighted by Gasteiger charge is -2.37. The van der Waals surface area contributed by atoms with Gasteiger partial charge in [-0.1, -0.05) is 0 Å². The minimum absolute atomic E-state index is 0.918. The zero-order valence-electron chi connectivity index (χ0n) is 16.0. The van der Waals surface area contributed by atoms with E-state index in [0.717, 1.165) is 54.2 Å². The van der Waals surface area contributed by atoms with Crippen LogP contribution in [0.2, 0.25) is 0 Å². The van der Waals surface area contributed by atoms with E-state index >= 15 is 0 Å². The van der Waals surface area contributed by atoms with Gasteiger partial charge in [-0.3, -0.25) is 0 Å². The molecule has 4 aromatic rings. The number of aromatic nitrogens is 5. The summed E-state index contributed by atoms with van der Waals surface area (Å²) in [6.45, 7) is 3.71. The highest BCUT2D eigenvalue weighted by Crippen LogP contribution is 2.28. The van der Waals surface area contributed by atoms with Gasteiger partial charge < -0.3 is 14.7 Å². The van der Waals surface area contributed by atoms with E-state index in [-0.39, 0.29) is 0 Å². The molecule has 0 spiro atoms. The Bertz CT molecular complexity index is 1130. The molecule has 28 heavy (non-hydrogen) atoms. The molecular formula is C20H22N8. The number of anilines is 3. The molecule has 1 saturated heterocycles. The molecule has 1 aliphatic rings. The minimum atomic E-state index is 0.918. The van der Waals surface area contributed by atoms with Gasteiger partial charge in [0, 0.05) is 63.7 Å². The van der Waals surface area contributed by atoms with E-state index in [4.69, 9.17) is 0 Å². The van der Waals surface area contributed by atoms with Crippen molar-refractivity contribution in [2.75, 3.05) is 55.0 Å². The van der Waals surface area contributed by atoms with Gasteiger partial charge in [0.25, 0.3) is 0 Å². The van der Waals surface area contributed by atoms with Crippen molar-refractivity contribution >= 4 is 33.7 Å². The van der Waals surface area contributed by atoms with E-state index in [2.05, 4.69) is 48.0 Å². The van der Waals surface area contributed by atoms with Crippen LogP contribution in [0.4, 0.5) is 17.3 Å². The molecule has 0 aliphatic carbocycles. The summed E-state index contributed by atoms with van der Waals surface area (Å²) >= 11 is 0. The predicted molar refractivity (Wildman–Crippen MR) is 111 cm³/mol. The summed E-state index contributed by atoms with van der Waals surface area (Å²) in [6, 6.07) is 8.46. The summed E-state index contributed by atoms with van der Waals surface area (Å²) in [4.78, 5) is 20.2. The first kappa shape index (κ1) is 16.7. The number of rotatable bonds is 3. The molecule has 5 rings (SSSR count). The molecule has 1 fully saturated rings. The molecule has 8 nitrogen and oxygen atoms in total. The van der Waals surface area contributed by atoms with Gasteiger partial charge in [0.1, 0.15) is 17.7 Å². The zero-order valence-corrected chi connectivity index (χ0v) is 16.0. The smallest absolute Gasteiger partial charge is 0.154 e. The third kappa shape index (κ3) is 2.77. The molecule has 0 radical (unpaired) electrons. The SMILES string of the molecule is CN(C)c1ncnc2ccc(N3CCN(c4nccn5nccc45)CC3)cc12. The average molecular weight is 374 g/mol. The Morgan fingerprint density at radius 2 is 1.71 bits per heavy atom. The Balaban J connectivity index is 1.40. The van der Waals surface area contributed by atoms with Crippen molar-refractivity contribution in [1.82, 2.24) is 24.6 Å². The van der Waals surface area contributed by atoms with Crippen molar-refractivity contribution in [3.63, 3.8) is 0 Å². The largest absolute Gasteiger partial charge is 0.368 e. The second-order valence-corrected chi connectivity index (χ2v) is 7.18. The lowest BCUT2D eigenvalue weighted by atomic mass is 10.1. The summed E-state index contributed by atoms with van der Waals surface area (Å²) in [5.74, 6) is 1.95. The topological polar surface area (TPSA) is 65.7 Å². The number of hydrogen-bond acceptors (Lipinski definition) is 7. The van der Waals surface area contributed by atoms with Gasteiger partial charge in [-0.2, -0.15) is 5.10 Å². The van der Waals surface area contributed by atoms with Crippen molar-refractivity contribution in [2.45, 2.75) is 0 Å². The molecule has 0 bridgehead atoms. The summed E-state index contributed by atoms with van der Waals surface area (Å²) in [7, 11) is 4.02. The van der Waals surface area contributed by atoms with Crippen LogP contribution in [0.5, 0.6) is 0 Å². The Hall–Kier alpha value is -3.42. The molecule has 3 aromatic heterocycles. The number of piperazine rings is 1. The van der Waals surface area contributed by atoms with E-state index in [0.29, 0.717) is 0 Å². The molecule has 0 saturated carbocycles. The van der Waals surface area contributed by atoms with Crippen LogP contribution >= 0.6 is 0 Å². The Labute approximate surface area is 163 Å². The first-order chi connectivity index (χ1) is 13.7. The molecule has 142 valence electrons. The lowest BCUT2D eigenvalue weighted by Crippen LogP contribution is -2.47. The molecule has 0 amide bonds. The molecule has 0 atom stereocenters. The highest BCUT2D eigenvalue weighted by molar-refractivity contribution is 5.91. The summed E-state index contributed by atoms with van der Waals surface area (Å²) in [6.07, 6.45) is 7.14. The van der Waals surface area contributed by atoms with E-state index in [9.17, 15) is 0 Å². The quantitative estimate of drug-likeness (QED) is 0.544. The molecule has 8 heteroatoms. The lowest BCUT2D eigenvalue weighted by molar-refractivity contribution is 0.648. The zero-order chi connectivity index (χ0) is 19.1. The van der Waals surface area contributed by atoms with Crippen LogP contribution in [0, 0.1) is 0 Å². The average Bonchev–Trinajstić information content (AvgIpc) is 3.22. The fourth-order valence-corrected chi connectivity index (χ4v) is 3.85. The molecule has 1 aromatic carbocycles. The minimum Gasteiger partial charge on any atom is -0.368 e. The van der Waals surface area contributed by atoms with Gasteiger partial charge in [-0.25, -0.2) is 19.5 Å². The summed E-state index contributed by atoms with van der Waals surface area (Å²) in [5, 5.41) is 5.39. The van der Waals surface area contributed by atoms with Crippen molar-refractivity contribution in [2.24, 2.45) is 0 Å². The normalized spacial score (nSPS) is 14.8. The van der Waals surface area contributed by atoms with Gasteiger partial charge in [0.05, 0.1) is 11.7 Å². The first-order valence-corrected chi connectivity index (χ1v) is 9.41. The highest BCUT2D eigenvalue weighted by atomic mass is 15.3. The molecule has 4 heterocycles. The number of nitrogens with zero attached hydrogens (tertiary/aromatic N) is 8.